The van der Waals surface area contributed by atoms with Crippen LogP contribution in [0.5, 0.6) is 0 Å². The van der Waals surface area contributed by atoms with Gasteiger partial charge >= 0.3 is 0 Å². The third-order valence-electron chi connectivity index (χ3n) is 5.27. The molecule has 0 spiro atoms. The summed E-state index contributed by atoms with van der Waals surface area (Å²) < 4.78 is 5.32. The van der Waals surface area contributed by atoms with Gasteiger partial charge in [-0.05, 0) is 30.4 Å². The standard InChI is InChI=1S/C20H29N3O3/c1-15(2)16-5-3-4-6-17(16)22-19(25)20(7-8-20)18(24)21-9-10-23-11-13-26-14-12-23/h3-6,15H,7-14H2,1-2H3,(H,21,24)(H,22,25). The molecule has 1 heterocycles. The number of amides is 2. The predicted molar refractivity (Wildman–Crippen MR) is 101 cm³/mol. The largest absolute Gasteiger partial charge is 0.379 e. The Morgan fingerprint density at radius 2 is 1.85 bits per heavy atom. The molecular weight excluding hydrogens is 330 g/mol. The van der Waals surface area contributed by atoms with Gasteiger partial charge in [0.2, 0.25) is 11.8 Å². The SMILES string of the molecule is CC(C)c1ccccc1NC(=O)C1(C(=O)NCCN2CCOCC2)CC1. The number of morpholine rings is 1. The zero-order chi connectivity index (χ0) is 18.6. The highest BCUT2D eigenvalue weighted by molar-refractivity contribution is 6.13. The number of nitrogens with one attached hydrogen (secondary N) is 2. The fourth-order valence-electron chi connectivity index (χ4n) is 3.36. The van der Waals surface area contributed by atoms with E-state index in [2.05, 4.69) is 29.4 Å². The molecule has 1 aliphatic heterocycles. The Bertz CT molecular complexity index is 649. The van der Waals surface area contributed by atoms with Gasteiger partial charge < -0.3 is 15.4 Å². The van der Waals surface area contributed by atoms with Gasteiger partial charge in [-0.3, -0.25) is 14.5 Å². The minimum absolute atomic E-state index is 0.148. The molecule has 0 radical (unpaired) electrons. The van der Waals surface area contributed by atoms with Gasteiger partial charge in [0, 0.05) is 31.9 Å². The second-order valence-corrected chi connectivity index (χ2v) is 7.49. The first-order valence-corrected chi connectivity index (χ1v) is 9.52. The fraction of sp³-hybridized carbons (Fsp3) is 0.600. The number of rotatable bonds is 7. The zero-order valence-corrected chi connectivity index (χ0v) is 15.7. The summed E-state index contributed by atoms with van der Waals surface area (Å²) in [6.45, 7) is 8.83. The quantitative estimate of drug-likeness (QED) is 0.731. The van der Waals surface area contributed by atoms with E-state index in [9.17, 15) is 9.59 Å². The van der Waals surface area contributed by atoms with Crippen LogP contribution in [-0.4, -0.2) is 56.1 Å². The van der Waals surface area contributed by atoms with Gasteiger partial charge in [0.05, 0.1) is 13.2 Å². The monoisotopic (exact) mass is 359 g/mol. The van der Waals surface area contributed by atoms with Gasteiger partial charge in [-0.1, -0.05) is 32.0 Å². The van der Waals surface area contributed by atoms with Crippen molar-refractivity contribution in [3.8, 4) is 0 Å². The molecule has 1 aromatic rings. The van der Waals surface area contributed by atoms with Crippen LogP contribution in [0, 0.1) is 5.41 Å². The average molecular weight is 359 g/mol. The van der Waals surface area contributed by atoms with Crippen LogP contribution < -0.4 is 10.6 Å². The molecule has 26 heavy (non-hydrogen) atoms. The van der Waals surface area contributed by atoms with Gasteiger partial charge in [0.1, 0.15) is 5.41 Å². The van der Waals surface area contributed by atoms with Crippen LogP contribution >= 0.6 is 0 Å². The first kappa shape index (κ1) is 18.9. The van der Waals surface area contributed by atoms with Crippen molar-refractivity contribution in [1.82, 2.24) is 10.2 Å². The van der Waals surface area contributed by atoms with Gasteiger partial charge in [0.25, 0.3) is 0 Å². The molecule has 0 aromatic heterocycles. The maximum Gasteiger partial charge on any atom is 0.240 e. The number of nitrogens with zero attached hydrogens (tertiary/aromatic N) is 1. The van der Waals surface area contributed by atoms with Crippen molar-refractivity contribution >= 4 is 17.5 Å². The topological polar surface area (TPSA) is 70.7 Å². The Morgan fingerprint density at radius 1 is 1.15 bits per heavy atom. The number of carbonyl (C=O) groups excluding carboxylic acids is 2. The van der Waals surface area contributed by atoms with Crippen LogP contribution in [0.15, 0.2) is 24.3 Å². The lowest BCUT2D eigenvalue weighted by Crippen LogP contribution is -2.45. The molecule has 2 fully saturated rings. The van der Waals surface area contributed by atoms with E-state index < -0.39 is 5.41 Å². The summed E-state index contributed by atoms with van der Waals surface area (Å²) in [6, 6.07) is 7.79. The van der Waals surface area contributed by atoms with Gasteiger partial charge in [-0.25, -0.2) is 0 Å². The molecule has 1 saturated carbocycles. The summed E-state index contributed by atoms with van der Waals surface area (Å²) in [5, 5.41) is 5.94. The van der Waals surface area contributed by atoms with Crippen LogP contribution in [0.2, 0.25) is 0 Å². The number of para-hydroxylation sites is 1. The smallest absolute Gasteiger partial charge is 0.240 e. The number of ether oxygens (including phenoxy) is 1. The molecule has 0 unspecified atom stereocenters. The van der Waals surface area contributed by atoms with Crippen LogP contribution in [0.1, 0.15) is 38.2 Å². The first-order valence-electron chi connectivity index (χ1n) is 9.52. The highest BCUT2D eigenvalue weighted by Gasteiger charge is 2.56. The van der Waals surface area contributed by atoms with Gasteiger partial charge in [-0.15, -0.1) is 0 Å². The molecular formula is C20H29N3O3. The fourth-order valence-corrected chi connectivity index (χ4v) is 3.36. The Balaban J connectivity index is 1.54. The van der Waals surface area contributed by atoms with Crippen molar-refractivity contribution in [2.24, 2.45) is 5.41 Å². The van der Waals surface area contributed by atoms with Gasteiger partial charge in [-0.2, -0.15) is 0 Å². The molecule has 2 amide bonds. The minimum atomic E-state index is -0.894. The molecule has 0 bridgehead atoms. The molecule has 6 nitrogen and oxygen atoms in total. The number of benzene rings is 1. The third-order valence-corrected chi connectivity index (χ3v) is 5.27. The van der Waals surface area contributed by atoms with Crippen LogP contribution in [0.25, 0.3) is 0 Å². The summed E-state index contributed by atoms with van der Waals surface area (Å²) in [6.07, 6.45) is 1.23. The molecule has 2 N–H and O–H groups in total. The van der Waals surface area contributed by atoms with E-state index in [0.29, 0.717) is 25.3 Å². The molecule has 6 heteroatoms. The summed E-state index contributed by atoms with van der Waals surface area (Å²) in [4.78, 5) is 27.6. The van der Waals surface area contributed by atoms with Crippen molar-refractivity contribution in [2.75, 3.05) is 44.7 Å². The normalized spacial score (nSPS) is 19.2. The number of hydrogen-bond acceptors (Lipinski definition) is 4. The van der Waals surface area contributed by atoms with Crippen molar-refractivity contribution in [2.45, 2.75) is 32.6 Å². The summed E-state index contributed by atoms with van der Waals surface area (Å²) in [5.74, 6) is -0.0243. The van der Waals surface area contributed by atoms with E-state index in [1.807, 2.05) is 24.3 Å². The minimum Gasteiger partial charge on any atom is -0.379 e. The summed E-state index contributed by atoms with van der Waals surface area (Å²) in [5.41, 5.74) is 0.999. The maximum absolute atomic E-state index is 12.8. The number of anilines is 1. The molecule has 2 aliphatic rings. The maximum atomic E-state index is 12.8. The van der Waals surface area contributed by atoms with E-state index >= 15 is 0 Å². The van der Waals surface area contributed by atoms with Crippen molar-refractivity contribution in [1.29, 1.82) is 0 Å². The van der Waals surface area contributed by atoms with Crippen molar-refractivity contribution in [3.63, 3.8) is 0 Å². The average Bonchev–Trinajstić information content (AvgIpc) is 3.45. The zero-order valence-electron chi connectivity index (χ0n) is 15.7. The Kier molecular flexibility index (Phi) is 5.94. The van der Waals surface area contributed by atoms with Crippen molar-refractivity contribution in [3.05, 3.63) is 29.8 Å². The van der Waals surface area contributed by atoms with E-state index in [4.69, 9.17) is 4.74 Å². The highest BCUT2D eigenvalue weighted by Crippen LogP contribution is 2.47. The molecule has 1 aromatic carbocycles. The number of carbonyl (C=O) groups is 2. The molecule has 142 valence electrons. The van der Waals surface area contributed by atoms with Gasteiger partial charge in [0.15, 0.2) is 0 Å². The van der Waals surface area contributed by atoms with Crippen LogP contribution in [0.4, 0.5) is 5.69 Å². The van der Waals surface area contributed by atoms with E-state index in [1.54, 1.807) is 0 Å². The van der Waals surface area contributed by atoms with E-state index in [0.717, 1.165) is 44.1 Å². The molecule has 1 saturated heterocycles. The van der Waals surface area contributed by atoms with Crippen LogP contribution in [-0.2, 0) is 14.3 Å². The highest BCUT2D eigenvalue weighted by atomic mass is 16.5. The molecule has 3 rings (SSSR count). The third kappa shape index (κ3) is 4.24. The summed E-state index contributed by atoms with van der Waals surface area (Å²) >= 11 is 0. The Labute approximate surface area is 155 Å². The molecule has 0 atom stereocenters. The Morgan fingerprint density at radius 3 is 2.50 bits per heavy atom. The summed E-state index contributed by atoms with van der Waals surface area (Å²) in [7, 11) is 0. The van der Waals surface area contributed by atoms with Crippen LogP contribution in [0.3, 0.4) is 0 Å². The first-order chi connectivity index (χ1) is 12.5. The lowest BCUT2D eigenvalue weighted by atomic mass is 9.99. The Hall–Kier alpha value is -1.92. The number of hydrogen-bond donors (Lipinski definition) is 2. The lowest BCUT2D eigenvalue weighted by Gasteiger charge is -2.26. The van der Waals surface area contributed by atoms with E-state index in [-0.39, 0.29) is 11.8 Å². The second kappa shape index (κ2) is 8.18. The van der Waals surface area contributed by atoms with Crippen molar-refractivity contribution < 1.29 is 14.3 Å². The van der Waals surface area contributed by atoms with E-state index in [1.165, 1.54) is 0 Å². The molecule has 1 aliphatic carbocycles. The second-order valence-electron chi connectivity index (χ2n) is 7.49. The lowest BCUT2D eigenvalue weighted by molar-refractivity contribution is -0.134. The predicted octanol–water partition coefficient (Wildman–Crippen LogP) is 1.98.